The monoisotopic (exact) mass is 244 g/mol. The molecule has 0 aliphatic rings. The summed E-state index contributed by atoms with van der Waals surface area (Å²) in [7, 11) is 1.90. The first kappa shape index (κ1) is 10.8. The Balaban J connectivity index is 2.24. The molecule has 0 saturated carbocycles. The molecule has 2 heterocycles. The Kier molecular flexibility index (Phi) is 2.31. The Bertz CT molecular complexity index is 766. The second-order valence-electron chi connectivity index (χ2n) is 4.08. The van der Waals surface area contributed by atoms with Crippen molar-refractivity contribution >= 4 is 11.1 Å². The predicted molar refractivity (Wildman–Crippen MR) is 66.9 cm³/mol. The summed E-state index contributed by atoms with van der Waals surface area (Å²) < 4.78 is 6.94. The zero-order chi connectivity index (χ0) is 12.7. The Morgan fingerprint density at radius 2 is 2.33 bits per heavy atom. The molecule has 2 aromatic heterocycles. The van der Waals surface area contributed by atoms with E-state index < -0.39 is 5.76 Å². The number of aromatic amines is 1. The van der Waals surface area contributed by atoms with Gasteiger partial charge in [-0.05, 0) is 12.1 Å². The highest BCUT2D eigenvalue weighted by Crippen LogP contribution is 2.25. The second-order valence-corrected chi connectivity index (χ2v) is 4.08. The normalized spacial score (nSPS) is 11.2. The molecule has 92 valence electrons. The molecule has 0 atom stereocenters. The van der Waals surface area contributed by atoms with Gasteiger partial charge in [0.2, 0.25) is 0 Å². The lowest BCUT2D eigenvalue weighted by molar-refractivity contribution is 0.555. The quantitative estimate of drug-likeness (QED) is 0.703. The van der Waals surface area contributed by atoms with Gasteiger partial charge in [0.25, 0.3) is 0 Å². The molecule has 0 aliphatic carbocycles. The molecule has 6 nitrogen and oxygen atoms in total. The van der Waals surface area contributed by atoms with Crippen LogP contribution in [0.25, 0.3) is 22.4 Å². The second kappa shape index (κ2) is 3.85. The molecule has 6 heteroatoms. The Morgan fingerprint density at radius 1 is 1.50 bits per heavy atom. The van der Waals surface area contributed by atoms with Crippen molar-refractivity contribution in [2.24, 2.45) is 12.8 Å². The summed E-state index contributed by atoms with van der Waals surface area (Å²) in [4.78, 5) is 18.0. The van der Waals surface area contributed by atoms with Crippen molar-refractivity contribution in [2.75, 3.05) is 0 Å². The van der Waals surface area contributed by atoms with E-state index in [0.29, 0.717) is 17.6 Å². The van der Waals surface area contributed by atoms with Crippen LogP contribution in [0.4, 0.5) is 0 Å². The fraction of sp³-hybridized carbons (Fsp3) is 0.167. The predicted octanol–water partition coefficient (Wildman–Crippen LogP) is 0.980. The van der Waals surface area contributed by atoms with Crippen molar-refractivity contribution in [3.63, 3.8) is 0 Å². The minimum atomic E-state index is -0.453. The summed E-state index contributed by atoms with van der Waals surface area (Å²) in [5.74, 6) is -0.453. The standard InChI is InChI=1S/C12H12N4O2/c1-16-6-14-9(5-13)11(16)7-2-3-8-10(4-7)18-12(17)15-8/h2-4,6H,5,13H2,1H3,(H,15,17). The Hall–Kier alpha value is -2.34. The topological polar surface area (TPSA) is 89.8 Å². The van der Waals surface area contributed by atoms with Crippen LogP contribution in [-0.2, 0) is 13.6 Å². The van der Waals surface area contributed by atoms with Gasteiger partial charge in [-0.25, -0.2) is 9.78 Å². The van der Waals surface area contributed by atoms with Gasteiger partial charge in [0.15, 0.2) is 5.58 Å². The molecule has 0 fully saturated rings. The lowest BCUT2D eigenvalue weighted by Crippen LogP contribution is -2.00. The molecule has 0 amide bonds. The molecule has 0 bridgehead atoms. The highest BCUT2D eigenvalue weighted by molar-refractivity contribution is 5.79. The average Bonchev–Trinajstić information content (AvgIpc) is 2.89. The van der Waals surface area contributed by atoms with Crippen molar-refractivity contribution in [1.29, 1.82) is 0 Å². The van der Waals surface area contributed by atoms with Crippen molar-refractivity contribution in [3.8, 4) is 11.3 Å². The van der Waals surface area contributed by atoms with Gasteiger partial charge in [0.05, 0.1) is 23.2 Å². The zero-order valence-electron chi connectivity index (χ0n) is 9.80. The van der Waals surface area contributed by atoms with Crippen molar-refractivity contribution in [1.82, 2.24) is 14.5 Å². The van der Waals surface area contributed by atoms with Crippen molar-refractivity contribution < 1.29 is 4.42 Å². The van der Waals surface area contributed by atoms with E-state index in [1.807, 2.05) is 29.8 Å². The van der Waals surface area contributed by atoms with Crippen LogP contribution in [-0.4, -0.2) is 14.5 Å². The van der Waals surface area contributed by atoms with E-state index in [9.17, 15) is 4.79 Å². The van der Waals surface area contributed by atoms with E-state index >= 15 is 0 Å². The van der Waals surface area contributed by atoms with Gasteiger partial charge in [-0.1, -0.05) is 6.07 Å². The van der Waals surface area contributed by atoms with Gasteiger partial charge in [0.1, 0.15) is 0 Å². The third-order valence-corrected chi connectivity index (χ3v) is 2.90. The summed E-state index contributed by atoms with van der Waals surface area (Å²) in [6.07, 6.45) is 1.72. The molecular formula is C12H12N4O2. The molecule has 0 unspecified atom stereocenters. The number of hydrogen-bond donors (Lipinski definition) is 2. The van der Waals surface area contributed by atoms with E-state index in [-0.39, 0.29) is 0 Å². The highest BCUT2D eigenvalue weighted by Gasteiger charge is 2.11. The fourth-order valence-electron chi connectivity index (χ4n) is 2.09. The maximum absolute atomic E-state index is 11.1. The number of H-pyrrole nitrogens is 1. The van der Waals surface area contributed by atoms with Crippen LogP contribution in [0, 0.1) is 0 Å². The fourth-order valence-corrected chi connectivity index (χ4v) is 2.09. The number of oxazole rings is 1. The maximum Gasteiger partial charge on any atom is 0.417 e. The number of aryl methyl sites for hydroxylation is 1. The minimum absolute atomic E-state index is 0.366. The van der Waals surface area contributed by atoms with Gasteiger partial charge in [-0.3, -0.25) is 4.98 Å². The van der Waals surface area contributed by atoms with Gasteiger partial charge in [-0.15, -0.1) is 0 Å². The Morgan fingerprint density at radius 3 is 3.11 bits per heavy atom. The van der Waals surface area contributed by atoms with Crippen LogP contribution in [0.15, 0.2) is 33.7 Å². The highest BCUT2D eigenvalue weighted by atomic mass is 16.4. The van der Waals surface area contributed by atoms with Gasteiger partial charge < -0.3 is 14.7 Å². The largest absolute Gasteiger partial charge is 0.417 e. The third kappa shape index (κ3) is 1.54. The van der Waals surface area contributed by atoms with E-state index in [0.717, 1.165) is 17.0 Å². The number of imidazole rings is 1. The van der Waals surface area contributed by atoms with E-state index in [2.05, 4.69) is 9.97 Å². The van der Waals surface area contributed by atoms with E-state index in [1.54, 1.807) is 6.33 Å². The molecule has 18 heavy (non-hydrogen) atoms. The van der Waals surface area contributed by atoms with Crippen LogP contribution in [0.5, 0.6) is 0 Å². The number of nitrogens with zero attached hydrogens (tertiary/aromatic N) is 2. The minimum Gasteiger partial charge on any atom is -0.408 e. The molecule has 3 N–H and O–H groups in total. The molecule has 3 rings (SSSR count). The summed E-state index contributed by atoms with van der Waals surface area (Å²) in [6, 6.07) is 5.52. The summed E-state index contributed by atoms with van der Waals surface area (Å²) in [6.45, 7) is 0.366. The summed E-state index contributed by atoms with van der Waals surface area (Å²) in [5.41, 5.74) is 9.54. The molecule has 0 aliphatic heterocycles. The first-order valence-corrected chi connectivity index (χ1v) is 5.52. The average molecular weight is 244 g/mol. The van der Waals surface area contributed by atoms with E-state index in [4.69, 9.17) is 10.2 Å². The number of nitrogens with two attached hydrogens (primary N) is 1. The number of nitrogens with one attached hydrogen (secondary N) is 1. The van der Waals surface area contributed by atoms with Gasteiger partial charge >= 0.3 is 5.76 Å². The zero-order valence-corrected chi connectivity index (χ0v) is 9.80. The first-order chi connectivity index (χ1) is 8.69. The van der Waals surface area contributed by atoms with Crippen LogP contribution in [0.1, 0.15) is 5.69 Å². The number of rotatable bonds is 2. The summed E-state index contributed by atoms with van der Waals surface area (Å²) >= 11 is 0. The third-order valence-electron chi connectivity index (χ3n) is 2.90. The van der Waals surface area contributed by atoms with E-state index in [1.165, 1.54) is 0 Å². The number of hydrogen-bond acceptors (Lipinski definition) is 4. The molecule has 0 radical (unpaired) electrons. The number of fused-ring (bicyclic) bond motifs is 1. The number of aromatic nitrogens is 3. The maximum atomic E-state index is 11.1. The molecule has 0 spiro atoms. The van der Waals surface area contributed by atoms with Crippen LogP contribution < -0.4 is 11.5 Å². The van der Waals surface area contributed by atoms with Crippen LogP contribution in [0.3, 0.4) is 0 Å². The number of benzene rings is 1. The molecule has 1 aromatic carbocycles. The van der Waals surface area contributed by atoms with Crippen molar-refractivity contribution in [2.45, 2.75) is 6.54 Å². The molecule has 3 aromatic rings. The van der Waals surface area contributed by atoms with Crippen LogP contribution >= 0.6 is 0 Å². The Labute approximate surface area is 102 Å². The van der Waals surface area contributed by atoms with Gasteiger partial charge in [0, 0.05) is 19.2 Å². The van der Waals surface area contributed by atoms with Crippen molar-refractivity contribution in [3.05, 3.63) is 40.8 Å². The SMILES string of the molecule is Cn1cnc(CN)c1-c1ccc2[nH]c(=O)oc2c1. The molecule has 0 saturated heterocycles. The lowest BCUT2D eigenvalue weighted by atomic mass is 10.1. The van der Waals surface area contributed by atoms with Crippen LogP contribution in [0.2, 0.25) is 0 Å². The lowest BCUT2D eigenvalue weighted by Gasteiger charge is -2.04. The smallest absolute Gasteiger partial charge is 0.408 e. The first-order valence-electron chi connectivity index (χ1n) is 5.52. The summed E-state index contributed by atoms with van der Waals surface area (Å²) in [5, 5.41) is 0. The van der Waals surface area contributed by atoms with Gasteiger partial charge in [-0.2, -0.15) is 0 Å². The molecular weight excluding hydrogens is 232 g/mol.